The number of rotatable bonds is 5. The molecule has 0 saturated carbocycles. The van der Waals surface area contributed by atoms with Gasteiger partial charge in [0.2, 0.25) is 5.91 Å². The number of amides is 1. The first-order valence-electron chi connectivity index (χ1n) is 6.82. The maximum atomic E-state index is 13.8. The number of methoxy groups -OCH3 is 1. The Morgan fingerprint density at radius 1 is 1.25 bits per heavy atom. The van der Waals surface area contributed by atoms with Crippen LogP contribution in [0, 0.1) is 15.9 Å². The molecule has 0 aromatic heterocycles. The predicted octanol–water partition coefficient (Wildman–Crippen LogP) is 2.70. The van der Waals surface area contributed by atoms with Gasteiger partial charge >= 0.3 is 5.97 Å². The van der Waals surface area contributed by atoms with Gasteiger partial charge in [-0.15, -0.1) is 0 Å². The summed E-state index contributed by atoms with van der Waals surface area (Å²) >= 11 is 0. The predicted molar refractivity (Wildman–Crippen MR) is 83.2 cm³/mol. The first kappa shape index (κ1) is 17.1. The highest BCUT2D eigenvalue weighted by Crippen LogP contribution is 2.20. The largest absolute Gasteiger partial charge is 0.465 e. The van der Waals surface area contributed by atoms with E-state index in [1.54, 1.807) is 6.07 Å². The molecule has 0 saturated heterocycles. The molecular weight excluding hydrogens is 319 g/mol. The van der Waals surface area contributed by atoms with Crippen molar-refractivity contribution in [2.24, 2.45) is 0 Å². The number of para-hydroxylation sites is 1. The third kappa shape index (κ3) is 3.92. The summed E-state index contributed by atoms with van der Waals surface area (Å²) in [7, 11) is 1.18. The van der Waals surface area contributed by atoms with E-state index in [0.717, 1.165) is 12.1 Å². The second kappa shape index (κ2) is 7.32. The van der Waals surface area contributed by atoms with Gasteiger partial charge in [0.1, 0.15) is 5.82 Å². The molecule has 1 amide bonds. The van der Waals surface area contributed by atoms with Gasteiger partial charge in [-0.25, -0.2) is 9.18 Å². The fraction of sp³-hybridized carbons (Fsp3) is 0.125. The first-order chi connectivity index (χ1) is 11.4. The fourth-order valence-electron chi connectivity index (χ4n) is 2.07. The Balaban J connectivity index is 2.19. The van der Waals surface area contributed by atoms with Crippen molar-refractivity contribution in [2.75, 3.05) is 12.4 Å². The quantitative estimate of drug-likeness (QED) is 0.515. The molecule has 0 fully saturated rings. The summed E-state index contributed by atoms with van der Waals surface area (Å²) in [5.74, 6) is -2.06. The highest BCUT2D eigenvalue weighted by Gasteiger charge is 2.17. The zero-order chi connectivity index (χ0) is 17.7. The van der Waals surface area contributed by atoms with Gasteiger partial charge < -0.3 is 10.1 Å². The molecule has 0 unspecified atom stereocenters. The molecule has 0 spiro atoms. The Bertz CT molecular complexity index is 807. The fourth-order valence-corrected chi connectivity index (χ4v) is 2.07. The normalized spacial score (nSPS) is 10.1. The second-order valence-corrected chi connectivity index (χ2v) is 4.80. The molecule has 2 aromatic rings. The summed E-state index contributed by atoms with van der Waals surface area (Å²) in [6.07, 6.45) is -0.307. The standard InChI is InChI=1S/C16H13FN2O5/c1-24-16(21)11-6-7-12(17)13(8-11)18-15(20)9-10-4-2-3-5-14(10)19(22)23/h2-8H,9H2,1H3,(H,18,20). The lowest BCUT2D eigenvalue weighted by Gasteiger charge is -2.08. The molecule has 0 aliphatic carbocycles. The van der Waals surface area contributed by atoms with E-state index >= 15 is 0 Å². The van der Waals surface area contributed by atoms with E-state index in [0.29, 0.717) is 0 Å². The molecule has 0 bridgehead atoms. The number of ether oxygens (including phenoxy) is 1. The van der Waals surface area contributed by atoms with Crippen LogP contribution >= 0.6 is 0 Å². The molecule has 0 heterocycles. The van der Waals surface area contributed by atoms with Gasteiger partial charge in [0.25, 0.3) is 5.69 Å². The highest BCUT2D eigenvalue weighted by molar-refractivity contribution is 5.95. The van der Waals surface area contributed by atoms with E-state index in [9.17, 15) is 24.1 Å². The van der Waals surface area contributed by atoms with Crippen molar-refractivity contribution < 1.29 is 23.6 Å². The molecule has 24 heavy (non-hydrogen) atoms. The van der Waals surface area contributed by atoms with E-state index in [1.807, 2.05) is 0 Å². The van der Waals surface area contributed by atoms with Gasteiger partial charge in [-0.2, -0.15) is 0 Å². The van der Waals surface area contributed by atoms with Crippen LogP contribution in [-0.4, -0.2) is 23.9 Å². The molecule has 7 nitrogen and oxygen atoms in total. The van der Waals surface area contributed by atoms with Crippen LogP contribution in [0.25, 0.3) is 0 Å². The number of halogens is 1. The van der Waals surface area contributed by atoms with Gasteiger partial charge in [0.15, 0.2) is 0 Å². The van der Waals surface area contributed by atoms with Crippen molar-refractivity contribution in [3.05, 3.63) is 69.5 Å². The van der Waals surface area contributed by atoms with Crippen LogP contribution in [0.5, 0.6) is 0 Å². The Morgan fingerprint density at radius 2 is 1.96 bits per heavy atom. The molecule has 2 aromatic carbocycles. The van der Waals surface area contributed by atoms with Crippen LogP contribution < -0.4 is 5.32 Å². The molecule has 124 valence electrons. The minimum atomic E-state index is -0.737. The van der Waals surface area contributed by atoms with E-state index < -0.39 is 22.6 Å². The lowest BCUT2D eigenvalue weighted by atomic mass is 10.1. The summed E-state index contributed by atoms with van der Waals surface area (Å²) in [5.41, 5.74) is -0.137. The maximum Gasteiger partial charge on any atom is 0.337 e. The number of nitro benzene ring substituents is 1. The van der Waals surface area contributed by atoms with Crippen LogP contribution in [0.15, 0.2) is 42.5 Å². The third-order valence-corrected chi connectivity index (χ3v) is 3.20. The van der Waals surface area contributed by atoms with Crippen molar-refractivity contribution in [1.82, 2.24) is 0 Å². The summed E-state index contributed by atoms with van der Waals surface area (Å²) in [6, 6.07) is 9.15. The van der Waals surface area contributed by atoms with E-state index in [4.69, 9.17) is 0 Å². The molecule has 0 radical (unpaired) electrons. The number of carbonyl (C=O) groups is 2. The average molecular weight is 332 g/mol. The number of benzene rings is 2. The van der Waals surface area contributed by atoms with Crippen LogP contribution in [0.3, 0.4) is 0 Å². The molecule has 8 heteroatoms. The van der Waals surface area contributed by atoms with Crippen molar-refractivity contribution >= 4 is 23.3 Å². The van der Waals surface area contributed by atoms with Crippen molar-refractivity contribution in [2.45, 2.75) is 6.42 Å². The third-order valence-electron chi connectivity index (χ3n) is 3.20. The SMILES string of the molecule is COC(=O)c1ccc(F)c(NC(=O)Cc2ccccc2[N+](=O)[O-])c1. The number of anilines is 1. The molecule has 0 aliphatic rings. The Hall–Kier alpha value is -3.29. The average Bonchev–Trinajstić information content (AvgIpc) is 2.56. The maximum absolute atomic E-state index is 13.8. The molecule has 0 atom stereocenters. The second-order valence-electron chi connectivity index (χ2n) is 4.80. The van der Waals surface area contributed by atoms with Crippen molar-refractivity contribution in [3.8, 4) is 0 Å². The van der Waals surface area contributed by atoms with Gasteiger partial charge in [-0.3, -0.25) is 14.9 Å². The van der Waals surface area contributed by atoms with Crippen LogP contribution in [0.2, 0.25) is 0 Å². The summed E-state index contributed by atoms with van der Waals surface area (Å²) in [4.78, 5) is 33.8. The Labute approximate surface area is 136 Å². The molecule has 1 N–H and O–H groups in total. The van der Waals surface area contributed by atoms with Crippen LogP contribution in [-0.2, 0) is 16.0 Å². The number of nitro groups is 1. The smallest absolute Gasteiger partial charge is 0.337 e. The van der Waals surface area contributed by atoms with Crippen LogP contribution in [0.4, 0.5) is 15.8 Å². The Kier molecular flexibility index (Phi) is 5.20. The summed E-state index contributed by atoms with van der Waals surface area (Å²) < 4.78 is 18.3. The zero-order valence-electron chi connectivity index (χ0n) is 12.6. The molecular formula is C16H13FN2O5. The van der Waals surface area contributed by atoms with Crippen molar-refractivity contribution in [1.29, 1.82) is 0 Å². The van der Waals surface area contributed by atoms with Gasteiger partial charge in [-0.1, -0.05) is 18.2 Å². The topological polar surface area (TPSA) is 98.5 Å². The monoisotopic (exact) mass is 332 g/mol. The summed E-state index contributed by atoms with van der Waals surface area (Å²) in [5, 5.41) is 13.2. The Morgan fingerprint density at radius 3 is 2.62 bits per heavy atom. The van der Waals surface area contributed by atoms with E-state index in [-0.39, 0.29) is 28.9 Å². The van der Waals surface area contributed by atoms with Gasteiger partial charge in [0, 0.05) is 11.6 Å². The number of hydrogen-bond acceptors (Lipinski definition) is 5. The minimum Gasteiger partial charge on any atom is -0.465 e. The van der Waals surface area contributed by atoms with Crippen LogP contribution in [0.1, 0.15) is 15.9 Å². The lowest BCUT2D eigenvalue weighted by molar-refractivity contribution is -0.385. The van der Waals surface area contributed by atoms with Gasteiger partial charge in [0.05, 0.1) is 29.7 Å². The lowest BCUT2D eigenvalue weighted by Crippen LogP contribution is -2.16. The zero-order valence-corrected chi connectivity index (χ0v) is 12.6. The number of carbonyl (C=O) groups excluding carboxylic acids is 2. The first-order valence-corrected chi connectivity index (χ1v) is 6.82. The number of nitrogens with one attached hydrogen (secondary N) is 1. The number of esters is 1. The number of hydrogen-bond donors (Lipinski definition) is 1. The van der Waals surface area contributed by atoms with E-state index in [1.165, 1.54) is 31.4 Å². The number of nitrogens with zero attached hydrogens (tertiary/aromatic N) is 1. The van der Waals surface area contributed by atoms with Gasteiger partial charge in [-0.05, 0) is 18.2 Å². The molecule has 0 aliphatic heterocycles. The highest BCUT2D eigenvalue weighted by atomic mass is 19.1. The van der Waals surface area contributed by atoms with Crippen molar-refractivity contribution in [3.63, 3.8) is 0 Å². The minimum absolute atomic E-state index is 0.0693. The summed E-state index contributed by atoms with van der Waals surface area (Å²) in [6.45, 7) is 0. The molecule has 2 rings (SSSR count). The van der Waals surface area contributed by atoms with E-state index in [2.05, 4.69) is 10.1 Å².